The van der Waals surface area contributed by atoms with Gasteiger partial charge in [0.2, 0.25) is 5.76 Å². The number of amides is 1. The number of Topliss-reactive ketones (excluding diaryl/α,β-unsaturated/α-hetero) is 1. The number of carbonyl (C=O) groups excluding carboxylic acids is 4. The molecule has 2 aliphatic rings. The summed E-state index contributed by atoms with van der Waals surface area (Å²) in [6, 6.07) is 34.8. The van der Waals surface area contributed by atoms with Crippen molar-refractivity contribution in [3.05, 3.63) is 176 Å². The number of thiophene rings is 1. The van der Waals surface area contributed by atoms with Crippen LogP contribution in [0.15, 0.2) is 136 Å². The molecule has 0 bridgehead atoms. The van der Waals surface area contributed by atoms with E-state index < -0.39 is 0 Å². The van der Waals surface area contributed by atoms with Gasteiger partial charge in [-0.15, -0.1) is 11.3 Å². The first-order valence-corrected chi connectivity index (χ1v) is 20.1. The molecule has 14 heteroatoms. The molecule has 1 fully saturated rings. The lowest BCUT2D eigenvalue weighted by Crippen LogP contribution is -2.44. The molecule has 4 aromatic carbocycles. The van der Waals surface area contributed by atoms with Crippen molar-refractivity contribution in [2.45, 2.75) is 19.9 Å². The Labute approximate surface area is 351 Å². The summed E-state index contributed by atoms with van der Waals surface area (Å²) in [4.78, 5) is 55.3. The quantitative estimate of drug-likeness (QED) is 0.0627. The lowest BCUT2D eigenvalue weighted by molar-refractivity contribution is 0.0912. The second kappa shape index (κ2) is 20.2. The van der Waals surface area contributed by atoms with E-state index in [0.29, 0.717) is 34.4 Å². The third kappa shape index (κ3) is 11.3. The van der Waals surface area contributed by atoms with Gasteiger partial charge in [0.25, 0.3) is 5.91 Å². The Kier molecular flexibility index (Phi) is 14.4. The van der Waals surface area contributed by atoms with Crippen molar-refractivity contribution in [2.24, 2.45) is 10.8 Å². The minimum Gasteiger partial charge on any atom is -0.375 e. The first-order chi connectivity index (χ1) is 28.6. The van der Waals surface area contributed by atoms with Gasteiger partial charge in [-0.05, 0) is 67.0 Å². The highest BCUT2D eigenvalue weighted by molar-refractivity contribution is 7.80. The van der Waals surface area contributed by atoms with Gasteiger partial charge in [-0.2, -0.15) is 5.10 Å². The molecule has 0 spiro atoms. The molecule has 0 unspecified atom stereocenters. The van der Waals surface area contributed by atoms with E-state index in [2.05, 4.69) is 62.2 Å². The lowest BCUT2D eigenvalue weighted by atomic mass is 9.83. The Morgan fingerprint density at radius 3 is 2.08 bits per heavy atom. The fourth-order valence-corrected chi connectivity index (χ4v) is 7.06. The predicted molar refractivity (Wildman–Crippen MR) is 235 cm³/mol. The third-order valence-corrected chi connectivity index (χ3v) is 10.7. The van der Waals surface area contributed by atoms with E-state index in [9.17, 15) is 19.2 Å². The van der Waals surface area contributed by atoms with Crippen LogP contribution in [0.25, 0.3) is 0 Å². The predicted octanol–water partition coefficient (Wildman–Crippen LogP) is 6.55. The molecule has 0 atom stereocenters. The number of hydrogen-bond acceptors (Lipinski definition) is 11. The van der Waals surface area contributed by atoms with Crippen molar-refractivity contribution in [1.82, 2.24) is 20.8 Å². The van der Waals surface area contributed by atoms with Crippen LogP contribution in [-0.4, -0.2) is 77.4 Å². The van der Waals surface area contributed by atoms with Crippen molar-refractivity contribution >= 4 is 63.3 Å². The van der Waals surface area contributed by atoms with Gasteiger partial charge >= 0.3 is 0 Å². The summed E-state index contributed by atoms with van der Waals surface area (Å²) < 4.78 is 4.82. The minimum absolute atomic E-state index is 0.0180. The molecule has 0 saturated carbocycles. The number of piperazine rings is 1. The summed E-state index contributed by atoms with van der Waals surface area (Å²) in [5.74, 6) is -0.351. The molecule has 59 heavy (non-hydrogen) atoms. The van der Waals surface area contributed by atoms with Crippen LogP contribution < -0.4 is 21.4 Å². The van der Waals surface area contributed by atoms with Gasteiger partial charge in [-0.25, -0.2) is 0 Å². The molecular weight excluding hydrogens is 783 g/mol. The van der Waals surface area contributed by atoms with Gasteiger partial charge < -0.3 is 25.4 Å². The zero-order chi connectivity index (χ0) is 41.7. The molecule has 2 aromatic heterocycles. The van der Waals surface area contributed by atoms with E-state index >= 15 is 0 Å². The number of nitrogens with two attached hydrogens (primary N) is 1. The summed E-state index contributed by atoms with van der Waals surface area (Å²) in [5, 5.41) is 12.5. The average Bonchev–Trinajstić information content (AvgIpc) is 4.02. The molecule has 0 radical (unpaired) electrons. The van der Waals surface area contributed by atoms with Crippen LogP contribution in [0.3, 0.4) is 0 Å². The van der Waals surface area contributed by atoms with E-state index in [1.165, 1.54) is 11.9 Å². The molecule has 300 valence electrons. The molecule has 1 saturated heterocycles. The highest BCUT2D eigenvalue weighted by Gasteiger charge is 2.29. The number of nitrogens with zero attached hydrogens (tertiary/aromatic N) is 4. The number of hydrazone groups is 1. The summed E-state index contributed by atoms with van der Waals surface area (Å²) in [6.07, 6.45) is 1.65. The van der Waals surface area contributed by atoms with Crippen LogP contribution in [0.1, 0.15) is 75.7 Å². The Morgan fingerprint density at radius 2 is 1.46 bits per heavy atom. The van der Waals surface area contributed by atoms with Crippen LogP contribution in [-0.2, 0) is 13.0 Å². The number of benzene rings is 4. The van der Waals surface area contributed by atoms with E-state index in [1.807, 2.05) is 54.8 Å². The van der Waals surface area contributed by atoms with Gasteiger partial charge in [0.05, 0.1) is 11.9 Å². The zero-order valence-electron chi connectivity index (χ0n) is 32.6. The third-order valence-electron chi connectivity index (χ3n) is 9.58. The van der Waals surface area contributed by atoms with Crippen molar-refractivity contribution in [3.63, 3.8) is 0 Å². The van der Waals surface area contributed by atoms with Crippen molar-refractivity contribution in [2.75, 3.05) is 38.1 Å². The summed E-state index contributed by atoms with van der Waals surface area (Å²) in [5.41, 5.74) is 13.9. The molecule has 4 N–H and O–H groups in total. The maximum atomic E-state index is 12.7. The lowest BCUT2D eigenvalue weighted by Gasteiger charge is -2.34. The van der Waals surface area contributed by atoms with E-state index in [4.69, 9.17) is 10.3 Å². The molecular formula is C45H43N7O5S2. The molecule has 6 aromatic rings. The first-order valence-electron chi connectivity index (χ1n) is 18.8. The number of aromatic nitrogens is 1. The SMILES string of the molecule is C/C(=N/NC(N)=S)c1cccs1.CN1CCN(c2ccc(CNC(=O)c3ccno3)cc2)CC1.O=C(Cc1ccc2c(c1)C(=O)c1ccccc1C2=O)c1ccccc1. The smallest absolute Gasteiger partial charge is 0.290 e. The Balaban J connectivity index is 0.000000158. The summed E-state index contributed by atoms with van der Waals surface area (Å²) in [6.45, 7) is 6.67. The number of ketones is 3. The van der Waals surface area contributed by atoms with Crippen LogP contribution in [0.4, 0.5) is 5.69 Å². The van der Waals surface area contributed by atoms with Crippen LogP contribution in [0.2, 0.25) is 0 Å². The van der Waals surface area contributed by atoms with E-state index in [0.717, 1.165) is 47.9 Å². The van der Waals surface area contributed by atoms with Crippen LogP contribution in [0.5, 0.6) is 0 Å². The molecule has 1 aliphatic heterocycles. The van der Waals surface area contributed by atoms with Crippen LogP contribution in [0, 0.1) is 0 Å². The number of hydrogen-bond donors (Lipinski definition) is 3. The summed E-state index contributed by atoms with van der Waals surface area (Å²) in [7, 11) is 2.15. The normalized spacial score (nSPS) is 13.5. The fourth-order valence-electron chi connectivity index (χ4n) is 6.34. The second-order valence-electron chi connectivity index (χ2n) is 13.7. The highest BCUT2D eigenvalue weighted by atomic mass is 32.1. The number of likely N-dealkylation sites (N-methyl/N-ethyl adjacent to an activating group) is 1. The molecule has 1 aliphatic carbocycles. The number of thiocarbonyl (C=S) groups is 1. The van der Waals surface area contributed by atoms with Crippen molar-refractivity contribution in [1.29, 1.82) is 0 Å². The first kappa shape index (κ1) is 42.0. The minimum atomic E-state index is -0.249. The number of carbonyl (C=O) groups is 4. The Hall–Kier alpha value is -6.61. The van der Waals surface area contributed by atoms with Gasteiger partial charge in [0.15, 0.2) is 22.5 Å². The highest BCUT2D eigenvalue weighted by Crippen LogP contribution is 2.28. The topological polar surface area (TPSA) is 163 Å². The monoisotopic (exact) mass is 825 g/mol. The van der Waals surface area contributed by atoms with Gasteiger partial charge in [0.1, 0.15) is 0 Å². The zero-order valence-corrected chi connectivity index (χ0v) is 34.2. The average molecular weight is 826 g/mol. The van der Waals surface area contributed by atoms with Crippen LogP contribution >= 0.6 is 23.6 Å². The largest absolute Gasteiger partial charge is 0.375 e. The fraction of sp³-hybridized carbons (Fsp3) is 0.178. The Bertz CT molecular complexity index is 2430. The number of nitrogens with one attached hydrogen (secondary N) is 2. The van der Waals surface area contributed by atoms with E-state index in [1.54, 1.807) is 72.0 Å². The molecule has 1 amide bonds. The number of fused-ring (bicyclic) bond motifs is 2. The van der Waals surface area contributed by atoms with Gasteiger partial charge in [-0.3, -0.25) is 24.6 Å². The van der Waals surface area contributed by atoms with Crippen molar-refractivity contribution < 1.29 is 23.7 Å². The maximum Gasteiger partial charge on any atom is 0.290 e. The Morgan fingerprint density at radius 1 is 0.814 bits per heavy atom. The van der Waals surface area contributed by atoms with Gasteiger partial charge in [-0.1, -0.05) is 90.1 Å². The maximum absolute atomic E-state index is 12.7. The van der Waals surface area contributed by atoms with Crippen molar-refractivity contribution in [3.8, 4) is 0 Å². The molecule has 3 heterocycles. The number of rotatable bonds is 9. The second-order valence-corrected chi connectivity index (χ2v) is 15.1. The molecule has 12 nitrogen and oxygen atoms in total. The van der Waals surface area contributed by atoms with E-state index in [-0.39, 0.29) is 40.6 Å². The number of anilines is 1. The summed E-state index contributed by atoms with van der Waals surface area (Å²) >= 11 is 6.23. The van der Waals surface area contributed by atoms with Gasteiger partial charge in [0, 0.05) is 83.6 Å². The standard InChI is InChI=1S/C22H14O3.C16H20N4O2.C7H9N3S2/c23-20(15-6-2-1-3-7-15)13-14-10-11-18-19(12-14)22(25)17-9-5-4-8-16(17)21(18)24;1-19-8-10-20(11-9-19)14-4-2-13(3-5-14)12-17-16(21)15-6-7-18-22-15;1-5(9-10-7(8)11)6-3-2-4-12-6/h1-12H,13H2;2-7H,8-12H2,1H3,(H,17,21);2-4H,1H3,(H3,8,10,11)/b;;9-5-. The molecule has 8 rings (SSSR count).